The van der Waals surface area contributed by atoms with Crippen molar-refractivity contribution in [3.63, 3.8) is 0 Å². The van der Waals surface area contributed by atoms with E-state index in [9.17, 15) is 9.59 Å². The number of nitrogens with one attached hydrogen (secondary N) is 1. The highest BCUT2D eigenvalue weighted by molar-refractivity contribution is 7.99. The molecule has 1 saturated heterocycles. The van der Waals surface area contributed by atoms with Crippen LogP contribution in [-0.4, -0.2) is 52.1 Å². The highest BCUT2D eigenvalue weighted by Gasteiger charge is 2.31. The van der Waals surface area contributed by atoms with Gasteiger partial charge in [0.15, 0.2) is 5.16 Å². The van der Waals surface area contributed by atoms with Gasteiger partial charge in [-0.25, -0.2) is 9.97 Å². The fourth-order valence-corrected chi connectivity index (χ4v) is 3.47. The lowest BCUT2D eigenvalue weighted by atomic mass is 10.0. The molecule has 120 valence electrons. The smallest absolute Gasteiger partial charge is 0.242 e. The Balaban J connectivity index is 1.99. The molecular formula is C15H22N4O2S. The van der Waals surface area contributed by atoms with Crippen LogP contribution in [0, 0.1) is 13.8 Å². The number of likely N-dealkylation sites (N-methyl/N-ethyl adjacent to an activating group) is 1. The lowest BCUT2D eigenvalue weighted by molar-refractivity contribution is -0.140. The summed E-state index contributed by atoms with van der Waals surface area (Å²) in [6.45, 7) is 4.46. The number of carbonyl (C=O) groups excluding carboxylic acids is 2. The molecule has 2 amide bonds. The SMILES string of the molecule is CNC(=O)[C@@H]1CCCCN1C(=O)CSc1nc(C)cc(C)n1. The van der Waals surface area contributed by atoms with Gasteiger partial charge in [-0.1, -0.05) is 11.8 Å². The summed E-state index contributed by atoms with van der Waals surface area (Å²) in [7, 11) is 1.61. The minimum atomic E-state index is -0.341. The van der Waals surface area contributed by atoms with Crippen molar-refractivity contribution in [2.24, 2.45) is 0 Å². The van der Waals surface area contributed by atoms with E-state index in [4.69, 9.17) is 0 Å². The van der Waals surface area contributed by atoms with E-state index in [0.29, 0.717) is 11.7 Å². The van der Waals surface area contributed by atoms with Crippen LogP contribution in [0.4, 0.5) is 0 Å². The number of likely N-dealkylation sites (tertiary alicyclic amines) is 1. The standard InChI is InChI=1S/C15H22N4O2S/c1-10-8-11(2)18-15(17-10)22-9-13(20)19-7-5-4-6-12(19)14(21)16-3/h8,12H,4-7,9H2,1-3H3,(H,16,21)/t12-/m0/s1. The lowest BCUT2D eigenvalue weighted by Crippen LogP contribution is -2.51. The summed E-state index contributed by atoms with van der Waals surface area (Å²) in [4.78, 5) is 34.7. The molecule has 1 aliphatic heterocycles. The Morgan fingerprint density at radius 1 is 1.32 bits per heavy atom. The highest BCUT2D eigenvalue weighted by atomic mass is 32.2. The van der Waals surface area contributed by atoms with Gasteiger partial charge in [0.05, 0.1) is 5.75 Å². The van der Waals surface area contributed by atoms with E-state index in [2.05, 4.69) is 15.3 Å². The molecule has 7 heteroatoms. The average Bonchev–Trinajstić information content (AvgIpc) is 2.51. The number of hydrogen-bond donors (Lipinski definition) is 1. The Morgan fingerprint density at radius 2 is 2.00 bits per heavy atom. The molecule has 1 aliphatic rings. The van der Waals surface area contributed by atoms with Crippen LogP contribution in [0.3, 0.4) is 0 Å². The van der Waals surface area contributed by atoms with Crippen molar-refractivity contribution in [3.05, 3.63) is 17.5 Å². The number of nitrogens with zero attached hydrogens (tertiary/aromatic N) is 3. The molecule has 1 aromatic heterocycles. The van der Waals surface area contributed by atoms with Crippen LogP contribution in [0.5, 0.6) is 0 Å². The van der Waals surface area contributed by atoms with Crippen molar-refractivity contribution in [3.8, 4) is 0 Å². The molecule has 2 rings (SSSR count). The maximum Gasteiger partial charge on any atom is 0.242 e. The maximum atomic E-state index is 12.4. The summed E-state index contributed by atoms with van der Waals surface area (Å²) in [5, 5.41) is 3.25. The first-order valence-electron chi connectivity index (χ1n) is 7.47. The quantitative estimate of drug-likeness (QED) is 0.668. The van der Waals surface area contributed by atoms with Gasteiger partial charge in [-0.05, 0) is 39.2 Å². The zero-order chi connectivity index (χ0) is 16.1. The molecular weight excluding hydrogens is 300 g/mol. The topological polar surface area (TPSA) is 75.2 Å². The number of amides is 2. The highest BCUT2D eigenvalue weighted by Crippen LogP contribution is 2.20. The Labute approximate surface area is 135 Å². The van der Waals surface area contributed by atoms with E-state index in [1.807, 2.05) is 19.9 Å². The zero-order valence-electron chi connectivity index (χ0n) is 13.3. The minimum absolute atomic E-state index is 0.0268. The third-order valence-electron chi connectivity index (χ3n) is 3.66. The summed E-state index contributed by atoms with van der Waals surface area (Å²) in [5.74, 6) is 0.151. The second kappa shape index (κ2) is 7.58. The molecule has 1 fully saturated rings. The predicted octanol–water partition coefficient (Wildman–Crippen LogP) is 1.31. The third-order valence-corrected chi connectivity index (χ3v) is 4.49. The molecule has 0 aromatic carbocycles. The number of hydrogen-bond acceptors (Lipinski definition) is 5. The van der Waals surface area contributed by atoms with Crippen molar-refractivity contribution >= 4 is 23.6 Å². The van der Waals surface area contributed by atoms with Crippen LogP contribution in [0.1, 0.15) is 30.7 Å². The first kappa shape index (κ1) is 16.7. The van der Waals surface area contributed by atoms with Crippen LogP contribution in [0.2, 0.25) is 0 Å². The van der Waals surface area contributed by atoms with E-state index in [1.165, 1.54) is 11.8 Å². The fourth-order valence-electron chi connectivity index (χ4n) is 2.64. The molecule has 0 saturated carbocycles. The second-order valence-electron chi connectivity index (χ2n) is 5.43. The van der Waals surface area contributed by atoms with Gasteiger partial charge in [-0.15, -0.1) is 0 Å². The van der Waals surface area contributed by atoms with Gasteiger partial charge in [0.25, 0.3) is 0 Å². The van der Waals surface area contributed by atoms with Crippen LogP contribution in [-0.2, 0) is 9.59 Å². The molecule has 1 aromatic rings. The Bertz CT molecular complexity index is 544. The maximum absolute atomic E-state index is 12.4. The van der Waals surface area contributed by atoms with E-state index in [1.54, 1.807) is 11.9 Å². The minimum Gasteiger partial charge on any atom is -0.357 e. The molecule has 1 atom stereocenters. The zero-order valence-corrected chi connectivity index (χ0v) is 14.1. The van der Waals surface area contributed by atoms with Gasteiger partial charge >= 0.3 is 0 Å². The summed E-state index contributed by atoms with van der Waals surface area (Å²) in [5.41, 5.74) is 1.78. The second-order valence-corrected chi connectivity index (χ2v) is 6.38. The number of aryl methyl sites for hydroxylation is 2. The summed E-state index contributed by atoms with van der Waals surface area (Å²) < 4.78 is 0. The van der Waals surface area contributed by atoms with E-state index in [0.717, 1.165) is 30.7 Å². The third kappa shape index (κ3) is 4.19. The predicted molar refractivity (Wildman–Crippen MR) is 85.6 cm³/mol. The average molecular weight is 322 g/mol. The molecule has 0 bridgehead atoms. The molecule has 1 N–H and O–H groups in total. The first-order valence-corrected chi connectivity index (χ1v) is 8.46. The normalized spacial score (nSPS) is 18.1. The molecule has 0 aliphatic carbocycles. The fraction of sp³-hybridized carbons (Fsp3) is 0.600. The molecule has 6 nitrogen and oxygen atoms in total. The summed E-state index contributed by atoms with van der Waals surface area (Å²) in [6, 6.07) is 1.56. The van der Waals surface area contributed by atoms with Crippen LogP contribution >= 0.6 is 11.8 Å². The number of rotatable bonds is 4. The molecule has 2 heterocycles. The monoisotopic (exact) mass is 322 g/mol. The van der Waals surface area contributed by atoms with Gasteiger partial charge in [0.2, 0.25) is 11.8 Å². The first-order chi connectivity index (χ1) is 10.5. The van der Waals surface area contributed by atoms with Crippen molar-refractivity contribution < 1.29 is 9.59 Å². The molecule has 0 unspecified atom stereocenters. The molecule has 22 heavy (non-hydrogen) atoms. The van der Waals surface area contributed by atoms with Crippen molar-refractivity contribution in [1.29, 1.82) is 0 Å². The van der Waals surface area contributed by atoms with Crippen LogP contribution < -0.4 is 5.32 Å². The van der Waals surface area contributed by atoms with E-state index in [-0.39, 0.29) is 23.6 Å². The number of aromatic nitrogens is 2. The van der Waals surface area contributed by atoms with Gasteiger partial charge in [0.1, 0.15) is 6.04 Å². The van der Waals surface area contributed by atoms with Gasteiger partial charge in [-0.2, -0.15) is 0 Å². The largest absolute Gasteiger partial charge is 0.357 e. The molecule has 0 spiro atoms. The van der Waals surface area contributed by atoms with E-state index >= 15 is 0 Å². The van der Waals surface area contributed by atoms with Crippen molar-refractivity contribution in [1.82, 2.24) is 20.2 Å². The van der Waals surface area contributed by atoms with Crippen molar-refractivity contribution in [2.75, 3.05) is 19.3 Å². The number of thioether (sulfide) groups is 1. The van der Waals surface area contributed by atoms with Gasteiger partial charge in [-0.3, -0.25) is 9.59 Å². The van der Waals surface area contributed by atoms with Gasteiger partial charge in [0, 0.05) is 25.0 Å². The Hall–Kier alpha value is -1.63. The number of carbonyl (C=O) groups is 2. The lowest BCUT2D eigenvalue weighted by Gasteiger charge is -2.34. The van der Waals surface area contributed by atoms with Crippen molar-refractivity contribution in [2.45, 2.75) is 44.3 Å². The van der Waals surface area contributed by atoms with Crippen LogP contribution in [0.25, 0.3) is 0 Å². The number of piperidine rings is 1. The molecule has 0 radical (unpaired) electrons. The Kier molecular flexibility index (Phi) is 5.76. The van der Waals surface area contributed by atoms with E-state index < -0.39 is 0 Å². The summed E-state index contributed by atoms with van der Waals surface area (Å²) in [6.07, 6.45) is 2.66. The summed E-state index contributed by atoms with van der Waals surface area (Å²) >= 11 is 1.33. The van der Waals surface area contributed by atoms with Gasteiger partial charge < -0.3 is 10.2 Å². The van der Waals surface area contributed by atoms with Crippen LogP contribution in [0.15, 0.2) is 11.2 Å². The Morgan fingerprint density at radius 3 is 2.64 bits per heavy atom.